The molecule has 3 nitrogen and oxygen atoms in total. The van der Waals surface area contributed by atoms with Crippen LogP contribution in [0.4, 0.5) is 0 Å². The molecule has 0 bridgehead atoms. The van der Waals surface area contributed by atoms with Crippen LogP contribution in [0.25, 0.3) is 0 Å². The lowest BCUT2D eigenvalue weighted by Crippen LogP contribution is -2.47. The Labute approximate surface area is 75.9 Å². The van der Waals surface area contributed by atoms with Crippen molar-refractivity contribution in [1.82, 2.24) is 0 Å². The van der Waals surface area contributed by atoms with Crippen LogP contribution >= 0.6 is 0 Å². The van der Waals surface area contributed by atoms with Gasteiger partial charge in [-0.1, -0.05) is 6.92 Å². The molecule has 2 radical (unpaired) electrons. The molecule has 3 N–H and O–H groups in total. The normalized spacial score (nSPS) is 42.0. The third kappa shape index (κ3) is 2.47. The van der Waals surface area contributed by atoms with E-state index < -0.39 is 0 Å². The van der Waals surface area contributed by atoms with Gasteiger partial charge < -0.3 is 15.6 Å². The molecule has 1 aliphatic rings. The summed E-state index contributed by atoms with van der Waals surface area (Å²) in [4.78, 5) is 0. The maximum absolute atomic E-state index is 9.48. The molecule has 0 aromatic heterocycles. The molecule has 1 rings (SSSR count). The zero-order valence-electron chi connectivity index (χ0n) is 7.86. The van der Waals surface area contributed by atoms with Gasteiger partial charge in [0.05, 0.1) is 12.2 Å². The summed E-state index contributed by atoms with van der Waals surface area (Å²) in [6.07, 6.45) is 1.60. The van der Waals surface area contributed by atoms with E-state index in [1.807, 2.05) is 6.92 Å². The van der Waals surface area contributed by atoms with E-state index in [1.165, 1.54) is 0 Å². The van der Waals surface area contributed by atoms with Crippen LogP contribution in [0.1, 0.15) is 19.8 Å². The van der Waals surface area contributed by atoms with E-state index in [4.69, 9.17) is 10.5 Å². The zero-order chi connectivity index (χ0) is 8.43. The molecule has 0 saturated heterocycles. The van der Waals surface area contributed by atoms with Gasteiger partial charge in [0.1, 0.15) is 0 Å². The fourth-order valence-electron chi connectivity index (χ4n) is 1.71. The van der Waals surface area contributed by atoms with Crippen molar-refractivity contribution in [3.63, 3.8) is 0 Å². The standard InChI is InChI=1S/C8H17NO2.BH/c1-5-3-6(11-2)4-7(9)8(5)10;/h5-8,10H,3-4,9H2,1-2H3;1H/t5?,6-,7-,8-;/m1./s1. The minimum Gasteiger partial charge on any atom is -0.391 e. The van der Waals surface area contributed by atoms with Gasteiger partial charge >= 0.3 is 0 Å². The smallest absolute Gasteiger partial charge is 0.0718 e. The summed E-state index contributed by atoms with van der Waals surface area (Å²) < 4.78 is 5.19. The van der Waals surface area contributed by atoms with Gasteiger partial charge in [-0.05, 0) is 18.8 Å². The summed E-state index contributed by atoms with van der Waals surface area (Å²) in [5.74, 6) is 0.267. The average Bonchev–Trinajstić information content (AvgIpc) is 1.99. The molecule has 0 aromatic rings. The predicted molar refractivity (Wildman–Crippen MR) is 50.3 cm³/mol. The van der Waals surface area contributed by atoms with Crippen molar-refractivity contribution in [2.45, 2.75) is 38.0 Å². The molecule has 0 aliphatic heterocycles. The Bertz CT molecular complexity index is 122. The van der Waals surface area contributed by atoms with Gasteiger partial charge in [0.25, 0.3) is 0 Å². The fraction of sp³-hybridized carbons (Fsp3) is 1.00. The van der Waals surface area contributed by atoms with Crippen molar-refractivity contribution in [1.29, 1.82) is 0 Å². The number of nitrogens with two attached hydrogens (primary N) is 1. The molecule has 1 saturated carbocycles. The fourth-order valence-corrected chi connectivity index (χ4v) is 1.71. The van der Waals surface area contributed by atoms with E-state index >= 15 is 0 Å². The predicted octanol–water partition coefficient (Wildman–Crippen LogP) is -0.529. The van der Waals surface area contributed by atoms with Gasteiger partial charge in [-0.3, -0.25) is 0 Å². The Kier molecular flexibility index (Phi) is 4.82. The quantitative estimate of drug-likeness (QED) is 0.521. The van der Waals surface area contributed by atoms with Crippen molar-refractivity contribution in [3.05, 3.63) is 0 Å². The Balaban J connectivity index is 0.00000121. The molecular formula is C8H18BNO2. The summed E-state index contributed by atoms with van der Waals surface area (Å²) in [7, 11) is 1.70. The molecule has 70 valence electrons. The van der Waals surface area contributed by atoms with Crippen LogP contribution < -0.4 is 5.73 Å². The van der Waals surface area contributed by atoms with E-state index in [0.717, 1.165) is 12.8 Å². The highest BCUT2D eigenvalue weighted by molar-refractivity contribution is 5.75. The Hall–Kier alpha value is -0.0551. The largest absolute Gasteiger partial charge is 0.391 e. The van der Waals surface area contributed by atoms with Crippen LogP contribution in [0.2, 0.25) is 0 Å². The molecule has 0 heterocycles. The van der Waals surface area contributed by atoms with Gasteiger partial charge in [-0.25, -0.2) is 0 Å². The van der Waals surface area contributed by atoms with E-state index in [-0.39, 0.29) is 32.6 Å². The highest BCUT2D eigenvalue weighted by Crippen LogP contribution is 2.25. The first kappa shape index (κ1) is 11.9. The SMILES string of the molecule is CO[C@@H]1CC(C)[C@@H](O)[C@H](N)C1.[BH]. The molecule has 1 unspecified atom stereocenters. The summed E-state index contributed by atoms with van der Waals surface area (Å²) in [6.45, 7) is 2.01. The van der Waals surface area contributed by atoms with Crippen molar-refractivity contribution < 1.29 is 9.84 Å². The second kappa shape index (κ2) is 4.85. The molecule has 1 aliphatic carbocycles. The first-order chi connectivity index (χ1) is 5.15. The van der Waals surface area contributed by atoms with Gasteiger partial charge in [-0.15, -0.1) is 0 Å². The minimum atomic E-state index is -0.346. The van der Waals surface area contributed by atoms with Gasteiger partial charge in [0.2, 0.25) is 0 Å². The first-order valence-electron chi connectivity index (χ1n) is 4.11. The second-order valence-electron chi connectivity index (χ2n) is 3.46. The number of methoxy groups -OCH3 is 1. The highest BCUT2D eigenvalue weighted by atomic mass is 16.5. The van der Waals surface area contributed by atoms with Crippen molar-refractivity contribution in [3.8, 4) is 0 Å². The lowest BCUT2D eigenvalue weighted by molar-refractivity contribution is -0.0204. The Morgan fingerprint density at radius 1 is 1.42 bits per heavy atom. The number of aliphatic hydroxyl groups excluding tert-OH is 1. The van der Waals surface area contributed by atoms with E-state index in [2.05, 4.69) is 0 Å². The van der Waals surface area contributed by atoms with Crippen LogP contribution in [-0.2, 0) is 4.74 Å². The Morgan fingerprint density at radius 3 is 2.42 bits per heavy atom. The number of hydrogen-bond acceptors (Lipinski definition) is 3. The molecule has 4 heteroatoms. The van der Waals surface area contributed by atoms with E-state index in [9.17, 15) is 5.11 Å². The minimum absolute atomic E-state index is 0. The summed E-state index contributed by atoms with van der Waals surface area (Å²) >= 11 is 0. The van der Waals surface area contributed by atoms with Crippen molar-refractivity contribution in [2.75, 3.05) is 7.11 Å². The lowest BCUT2D eigenvalue weighted by Gasteiger charge is -2.34. The number of aliphatic hydroxyl groups is 1. The van der Waals surface area contributed by atoms with Crippen LogP contribution in [0, 0.1) is 5.92 Å². The topological polar surface area (TPSA) is 55.5 Å². The van der Waals surface area contributed by atoms with E-state index in [0.29, 0.717) is 0 Å². The van der Waals surface area contributed by atoms with Gasteiger partial charge in [0.15, 0.2) is 0 Å². The third-order valence-corrected chi connectivity index (χ3v) is 2.52. The summed E-state index contributed by atoms with van der Waals surface area (Å²) in [5, 5.41) is 9.48. The molecule has 0 spiro atoms. The maximum Gasteiger partial charge on any atom is 0.0718 e. The first-order valence-corrected chi connectivity index (χ1v) is 4.11. The molecular weight excluding hydrogens is 153 g/mol. The average molecular weight is 171 g/mol. The molecule has 0 amide bonds. The number of rotatable bonds is 1. The van der Waals surface area contributed by atoms with Gasteiger partial charge in [0, 0.05) is 21.6 Å². The third-order valence-electron chi connectivity index (χ3n) is 2.52. The van der Waals surface area contributed by atoms with Crippen LogP contribution in [0.15, 0.2) is 0 Å². The van der Waals surface area contributed by atoms with Gasteiger partial charge in [-0.2, -0.15) is 0 Å². The highest BCUT2D eigenvalue weighted by Gasteiger charge is 2.31. The summed E-state index contributed by atoms with van der Waals surface area (Å²) in [6, 6.07) is -0.108. The van der Waals surface area contributed by atoms with Crippen LogP contribution in [0.3, 0.4) is 0 Å². The zero-order valence-corrected chi connectivity index (χ0v) is 7.86. The monoisotopic (exact) mass is 171 g/mol. The number of hydrogen-bond donors (Lipinski definition) is 2. The number of ether oxygens (including phenoxy) is 1. The molecule has 12 heavy (non-hydrogen) atoms. The van der Waals surface area contributed by atoms with Crippen molar-refractivity contribution in [2.24, 2.45) is 11.7 Å². The van der Waals surface area contributed by atoms with Crippen LogP contribution in [0.5, 0.6) is 0 Å². The Morgan fingerprint density at radius 2 is 2.00 bits per heavy atom. The summed E-state index contributed by atoms with van der Waals surface area (Å²) in [5.41, 5.74) is 5.70. The molecule has 4 atom stereocenters. The molecule has 0 aromatic carbocycles. The van der Waals surface area contributed by atoms with Crippen LogP contribution in [-0.4, -0.2) is 38.9 Å². The second-order valence-corrected chi connectivity index (χ2v) is 3.46. The maximum atomic E-state index is 9.48. The molecule has 1 fully saturated rings. The van der Waals surface area contributed by atoms with Crippen molar-refractivity contribution >= 4 is 8.41 Å². The van der Waals surface area contributed by atoms with E-state index in [1.54, 1.807) is 7.11 Å². The lowest BCUT2D eigenvalue weighted by atomic mass is 9.83.